The van der Waals surface area contributed by atoms with Gasteiger partial charge in [-0.15, -0.1) is 0 Å². The van der Waals surface area contributed by atoms with Crippen LogP contribution in [0.25, 0.3) is 0 Å². The van der Waals surface area contributed by atoms with Crippen molar-refractivity contribution in [2.24, 2.45) is 5.92 Å². The van der Waals surface area contributed by atoms with Crippen molar-refractivity contribution in [1.29, 1.82) is 0 Å². The molecule has 0 radical (unpaired) electrons. The summed E-state index contributed by atoms with van der Waals surface area (Å²) >= 11 is 0. The van der Waals surface area contributed by atoms with Crippen molar-refractivity contribution in [2.45, 2.75) is 52.9 Å². The second kappa shape index (κ2) is 9.05. The van der Waals surface area contributed by atoms with Crippen molar-refractivity contribution in [2.75, 3.05) is 13.1 Å². The molecule has 1 heterocycles. The quantitative estimate of drug-likeness (QED) is 0.590. The van der Waals surface area contributed by atoms with E-state index in [1.807, 2.05) is 13.8 Å². The first kappa shape index (κ1) is 12.0. The van der Waals surface area contributed by atoms with E-state index in [1.165, 1.54) is 45.2 Å². The molecular weight excluding hydrogens is 146 g/mol. The summed E-state index contributed by atoms with van der Waals surface area (Å²) < 4.78 is 0. The van der Waals surface area contributed by atoms with Crippen molar-refractivity contribution >= 4 is 0 Å². The Morgan fingerprint density at radius 1 is 0.917 bits per heavy atom. The largest absolute Gasteiger partial charge is 0.317 e. The summed E-state index contributed by atoms with van der Waals surface area (Å²) in [6.45, 7) is 8.85. The van der Waals surface area contributed by atoms with E-state index >= 15 is 0 Å². The van der Waals surface area contributed by atoms with E-state index in [1.54, 1.807) is 0 Å². The van der Waals surface area contributed by atoms with E-state index in [4.69, 9.17) is 0 Å². The molecule has 1 nitrogen and oxygen atoms in total. The van der Waals surface area contributed by atoms with Crippen molar-refractivity contribution < 1.29 is 0 Å². The number of rotatable bonds is 0. The summed E-state index contributed by atoms with van der Waals surface area (Å²) in [6, 6.07) is 0. The molecule has 1 fully saturated rings. The first-order chi connectivity index (χ1) is 5.89. The summed E-state index contributed by atoms with van der Waals surface area (Å²) in [5.41, 5.74) is 0. The first-order valence-electron chi connectivity index (χ1n) is 5.60. The highest BCUT2D eigenvalue weighted by atomic mass is 14.8. The maximum atomic E-state index is 3.46. The van der Waals surface area contributed by atoms with Crippen molar-refractivity contribution in [3.63, 3.8) is 0 Å². The van der Waals surface area contributed by atoms with Crippen LogP contribution < -0.4 is 5.32 Å². The molecule has 1 aliphatic rings. The minimum absolute atomic E-state index is 0.950. The smallest absolute Gasteiger partial charge is 0.00464 e. The van der Waals surface area contributed by atoms with Gasteiger partial charge in [-0.2, -0.15) is 0 Å². The van der Waals surface area contributed by atoms with Crippen molar-refractivity contribution in [3.05, 3.63) is 0 Å². The average molecular weight is 171 g/mol. The van der Waals surface area contributed by atoms with Crippen LogP contribution in [0.4, 0.5) is 0 Å². The zero-order chi connectivity index (χ0) is 9.23. The zero-order valence-corrected chi connectivity index (χ0v) is 9.03. The van der Waals surface area contributed by atoms with Gasteiger partial charge in [0.2, 0.25) is 0 Å². The molecule has 1 saturated heterocycles. The van der Waals surface area contributed by atoms with Crippen LogP contribution in [0.2, 0.25) is 0 Å². The molecule has 0 aromatic heterocycles. The predicted octanol–water partition coefficient (Wildman–Crippen LogP) is 3.20. The summed E-state index contributed by atoms with van der Waals surface area (Å²) in [7, 11) is 0. The fourth-order valence-electron chi connectivity index (χ4n) is 1.54. The van der Waals surface area contributed by atoms with Gasteiger partial charge in [-0.3, -0.25) is 0 Å². The molecule has 1 heteroatoms. The maximum absolute atomic E-state index is 3.46. The molecule has 0 aromatic rings. The molecule has 0 saturated carbocycles. The average Bonchev–Trinajstić information content (AvgIpc) is 2.22. The standard InChI is InChI=1S/C9H19N.C2H6/c1-9-5-3-2-4-7-10-8-6-9;1-2/h9-10H,2-8H2,1H3;1-2H3. The van der Waals surface area contributed by atoms with Gasteiger partial charge in [-0.1, -0.05) is 40.0 Å². The number of hydrogen-bond acceptors (Lipinski definition) is 1. The third-order valence-corrected chi connectivity index (χ3v) is 2.36. The summed E-state index contributed by atoms with van der Waals surface area (Å²) in [5.74, 6) is 0.950. The van der Waals surface area contributed by atoms with Gasteiger partial charge in [0, 0.05) is 0 Å². The van der Waals surface area contributed by atoms with Crippen LogP contribution in [-0.4, -0.2) is 13.1 Å². The normalized spacial score (nSPS) is 25.8. The Morgan fingerprint density at radius 3 is 2.42 bits per heavy atom. The lowest BCUT2D eigenvalue weighted by Crippen LogP contribution is -2.17. The lowest BCUT2D eigenvalue weighted by atomic mass is 10.0. The number of nitrogens with one attached hydrogen (secondary N) is 1. The van der Waals surface area contributed by atoms with Gasteiger partial charge in [0.25, 0.3) is 0 Å². The summed E-state index contributed by atoms with van der Waals surface area (Å²) in [6.07, 6.45) is 7.08. The fourth-order valence-corrected chi connectivity index (χ4v) is 1.54. The molecule has 12 heavy (non-hydrogen) atoms. The second-order valence-corrected chi connectivity index (χ2v) is 3.49. The Kier molecular flexibility index (Phi) is 9.02. The van der Waals surface area contributed by atoms with E-state index in [9.17, 15) is 0 Å². The Hall–Kier alpha value is -0.0400. The lowest BCUT2D eigenvalue weighted by molar-refractivity contribution is 0.474. The van der Waals surface area contributed by atoms with Crippen LogP contribution >= 0.6 is 0 Å². The van der Waals surface area contributed by atoms with Crippen LogP contribution in [0.15, 0.2) is 0 Å². The third kappa shape index (κ3) is 6.66. The lowest BCUT2D eigenvalue weighted by Gasteiger charge is -2.07. The molecule has 0 amide bonds. The van der Waals surface area contributed by atoms with E-state index < -0.39 is 0 Å². The molecule has 1 N–H and O–H groups in total. The zero-order valence-electron chi connectivity index (χ0n) is 9.03. The summed E-state index contributed by atoms with van der Waals surface area (Å²) in [4.78, 5) is 0. The molecule has 1 atom stereocenters. The van der Waals surface area contributed by atoms with E-state index in [-0.39, 0.29) is 0 Å². The maximum Gasteiger partial charge on any atom is -0.00464 e. The minimum atomic E-state index is 0.950. The van der Waals surface area contributed by atoms with Gasteiger partial charge in [-0.25, -0.2) is 0 Å². The highest BCUT2D eigenvalue weighted by Gasteiger charge is 2.03. The first-order valence-corrected chi connectivity index (χ1v) is 5.60. The van der Waals surface area contributed by atoms with Crippen LogP contribution in [0, 0.1) is 5.92 Å². The Balaban J connectivity index is 0.000000561. The van der Waals surface area contributed by atoms with Gasteiger partial charge >= 0.3 is 0 Å². The number of hydrogen-bond donors (Lipinski definition) is 1. The van der Waals surface area contributed by atoms with E-state index in [2.05, 4.69) is 12.2 Å². The van der Waals surface area contributed by atoms with Gasteiger partial charge in [-0.05, 0) is 31.8 Å². The SMILES string of the molecule is CC.CC1CCCCCNCC1. The van der Waals surface area contributed by atoms with Crippen LogP contribution in [-0.2, 0) is 0 Å². The highest BCUT2D eigenvalue weighted by Crippen LogP contribution is 2.13. The molecule has 74 valence electrons. The Labute approximate surface area is 77.9 Å². The monoisotopic (exact) mass is 171 g/mol. The second-order valence-electron chi connectivity index (χ2n) is 3.49. The van der Waals surface area contributed by atoms with Gasteiger partial charge in [0.1, 0.15) is 0 Å². The molecule has 0 aromatic carbocycles. The van der Waals surface area contributed by atoms with Crippen molar-refractivity contribution in [1.82, 2.24) is 5.32 Å². The minimum Gasteiger partial charge on any atom is -0.317 e. The van der Waals surface area contributed by atoms with E-state index in [0.717, 1.165) is 5.92 Å². The van der Waals surface area contributed by atoms with Crippen LogP contribution in [0.5, 0.6) is 0 Å². The van der Waals surface area contributed by atoms with Gasteiger partial charge in [0.05, 0.1) is 0 Å². The van der Waals surface area contributed by atoms with Gasteiger partial charge < -0.3 is 5.32 Å². The Morgan fingerprint density at radius 2 is 1.67 bits per heavy atom. The van der Waals surface area contributed by atoms with E-state index in [0.29, 0.717) is 0 Å². The predicted molar refractivity (Wildman–Crippen MR) is 56.5 cm³/mol. The summed E-state index contributed by atoms with van der Waals surface area (Å²) in [5, 5.41) is 3.46. The molecular formula is C11H25N. The molecule has 0 bridgehead atoms. The molecule has 0 aliphatic carbocycles. The topological polar surface area (TPSA) is 12.0 Å². The molecule has 1 rings (SSSR count). The van der Waals surface area contributed by atoms with Crippen LogP contribution in [0.3, 0.4) is 0 Å². The fraction of sp³-hybridized carbons (Fsp3) is 1.00. The van der Waals surface area contributed by atoms with Crippen molar-refractivity contribution in [3.8, 4) is 0 Å². The molecule has 1 unspecified atom stereocenters. The van der Waals surface area contributed by atoms with Crippen LogP contribution in [0.1, 0.15) is 52.9 Å². The third-order valence-electron chi connectivity index (χ3n) is 2.36. The molecule has 1 aliphatic heterocycles. The highest BCUT2D eigenvalue weighted by molar-refractivity contribution is 4.60. The molecule has 0 spiro atoms. The van der Waals surface area contributed by atoms with Gasteiger partial charge in [0.15, 0.2) is 0 Å². The Bertz CT molecular complexity index is 71.1.